The third-order valence-corrected chi connectivity index (χ3v) is 3.99. The topological polar surface area (TPSA) is 50.4 Å². The van der Waals surface area contributed by atoms with Gasteiger partial charge in [0.05, 0.1) is 0 Å². The Bertz CT molecular complexity index is 630. The normalized spacial score (nSPS) is 12.0. The highest BCUT2D eigenvalue weighted by molar-refractivity contribution is 5.85. The summed E-state index contributed by atoms with van der Waals surface area (Å²) >= 11 is 0. The van der Waals surface area contributed by atoms with E-state index in [0.717, 1.165) is 6.54 Å². The summed E-state index contributed by atoms with van der Waals surface area (Å²) in [7, 11) is 1.85. The average molecular weight is 333 g/mol. The van der Waals surface area contributed by atoms with E-state index in [1.807, 2.05) is 31.3 Å². The minimum atomic E-state index is -0.364. The molecule has 0 aromatic heterocycles. The third kappa shape index (κ3) is 3.66. The molecule has 0 radical (unpaired) electrons. The lowest BCUT2D eigenvalue weighted by atomic mass is 9.98. The lowest BCUT2D eigenvalue weighted by Crippen LogP contribution is -2.31. The molecule has 3 rings (SSSR count). The SMILES string of the molecule is CNCCNC(=O)OCC1c2ccccc2-c2ccccc21.Cl. The number of likely N-dealkylation sites (N-methyl/N-ethyl adjacent to an activating group) is 1. The number of carbonyl (C=O) groups is 1. The van der Waals surface area contributed by atoms with Crippen LogP contribution in [0.3, 0.4) is 0 Å². The molecule has 0 saturated carbocycles. The highest BCUT2D eigenvalue weighted by Crippen LogP contribution is 2.44. The Labute approximate surface area is 142 Å². The highest BCUT2D eigenvalue weighted by atomic mass is 35.5. The maximum absolute atomic E-state index is 11.7. The van der Waals surface area contributed by atoms with Crippen molar-refractivity contribution >= 4 is 18.5 Å². The van der Waals surface area contributed by atoms with Gasteiger partial charge in [-0.3, -0.25) is 0 Å². The second kappa shape index (κ2) is 7.99. The van der Waals surface area contributed by atoms with Gasteiger partial charge >= 0.3 is 6.09 Å². The Kier molecular flexibility index (Phi) is 6.02. The van der Waals surface area contributed by atoms with Gasteiger partial charge in [-0.2, -0.15) is 0 Å². The van der Waals surface area contributed by atoms with Gasteiger partial charge in [-0.15, -0.1) is 12.4 Å². The first-order valence-electron chi connectivity index (χ1n) is 7.54. The largest absolute Gasteiger partial charge is 0.449 e. The van der Waals surface area contributed by atoms with Gasteiger partial charge < -0.3 is 15.4 Å². The molecule has 2 N–H and O–H groups in total. The van der Waals surface area contributed by atoms with E-state index in [1.165, 1.54) is 22.3 Å². The van der Waals surface area contributed by atoms with Crippen molar-refractivity contribution in [2.75, 3.05) is 26.7 Å². The number of amides is 1. The first-order valence-corrected chi connectivity index (χ1v) is 7.54. The molecular formula is C18H21ClN2O2. The molecule has 1 aliphatic carbocycles. The van der Waals surface area contributed by atoms with Gasteiger partial charge in [-0.25, -0.2) is 4.79 Å². The summed E-state index contributed by atoms with van der Waals surface area (Å²) in [4.78, 5) is 11.7. The predicted molar refractivity (Wildman–Crippen MR) is 94.2 cm³/mol. The summed E-state index contributed by atoms with van der Waals surface area (Å²) in [6, 6.07) is 16.6. The van der Waals surface area contributed by atoms with Crippen LogP contribution in [0, 0.1) is 0 Å². The lowest BCUT2D eigenvalue weighted by Gasteiger charge is -2.14. The first kappa shape index (κ1) is 17.3. The lowest BCUT2D eigenvalue weighted by molar-refractivity contribution is 0.143. The van der Waals surface area contributed by atoms with Crippen molar-refractivity contribution in [1.82, 2.24) is 10.6 Å². The van der Waals surface area contributed by atoms with Crippen LogP contribution >= 0.6 is 12.4 Å². The van der Waals surface area contributed by atoms with Crippen LogP contribution in [-0.4, -0.2) is 32.8 Å². The van der Waals surface area contributed by atoms with Crippen LogP contribution in [0.1, 0.15) is 17.0 Å². The summed E-state index contributed by atoms with van der Waals surface area (Å²) < 4.78 is 5.41. The van der Waals surface area contributed by atoms with Crippen molar-refractivity contribution in [3.05, 3.63) is 59.7 Å². The molecule has 4 nitrogen and oxygen atoms in total. The Hall–Kier alpha value is -2.04. The molecule has 0 aliphatic heterocycles. The molecule has 122 valence electrons. The highest BCUT2D eigenvalue weighted by Gasteiger charge is 2.28. The van der Waals surface area contributed by atoms with Crippen LogP contribution in [0.2, 0.25) is 0 Å². The summed E-state index contributed by atoms with van der Waals surface area (Å²) in [6.45, 7) is 1.65. The monoisotopic (exact) mass is 332 g/mol. The molecule has 0 fully saturated rings. The minimum absolute atomic E-state index is 0. The van der Waals surface area contributed by atoms with Crippen LogP contribution in [0.5, 0.6) is 0 Å². The van der Waals surface area contributed by atoms with Crippen molar-refractivity contribution < 1.29 is 9.53 Å². The fourth-order valence-corrected chi connectivity index (χ4v) is 2.94. The molecule has 0 unspecified atom stereocenters. The molecule has 1 amide bonds. The van der Waals surface area contributed by atoms with E-state index in [2.05, 4.69) is 34.9 Å². The molecule has 0 heterocycles. The zero-order valence-electron chi connectivity index (χ0n) is 13.0. The van der Waals surface area contributed by atoms with Crippen LogP contribution in [0.4, 0.5) is 4.79 Å². The smallest absolute Gasteiger partial charge is 0.407 e. The fourth-order valence-electron chi connectivity index (χ4n) is 2.94. The molecule has 2 aromatic carbocycles. The standard InChI is InChI=1S/C18H20N2O2.ClH/c1-19-10-11-20-18(21)22-12-17-15-8-4-2-6-13(15)14-7-3-5-9-16(14)17;/h2-9,17,19H,10-12H2,1H3,(H,20,21);1H. The van der Waals surface area contributed by atoms with E-state index in [1.54, 1.807) is 0 Å². The van der Waals surface area contributed by atoms with E-state index in [9.17, 15) is 4.79 Å². The summed E-state index contributed by atoms with van der Waals surface area (Å²) in [5.74, 6) is 0.113. The quantitative estimate of drug-likeness (QED) is 0.827. The summed E-state index contributed by atoms with van der Waals surface area (Å²) in [5.41, 5.74) is 4.93. The van der Waals surface area contributed by atoms with E-state index in [-0.39, 0.29) is 24.4 Å². The number of benzene rings is 2. The summed E-state index contributed by atoms with van der Waals surface area (Å²) in [6.07, 6.45) is -0.364. The van der Waals surface area contributed by atoms with E-state index >= 15 is 0 Å². The number of alkyl carbamates (subject to hydrolysis) is 1. The van der Waals surface area contributed by atoms with Crippen LogP contribution in [0.25, 0.3) is 11.1 Å². The number of hydrogen-bond acceptors (Lipinski definition) is 3. The zero-order chi connectivity index (χ0) is 15.4. The van der Waals surface area contributed by atoms with Gasteiger partial charge in [0.1, 0.15) is 6.61 Å². The number of nitrogens with one attached hydrogen (secondary N) is 2. The van der Waals surface area contributed by atoms with Crippen molar-refractivity contribution in [3.8, 4) is 11.1 Å². The molecule has 23 heavy (non-hydrogen) atoms. The van der Waals surface area contributed by atoms with Gasteiger partial charge in [0.25, 0.3) is 0 Å². The number of halogens is 1. The Balaban J connectivity index is 0.00000192. The molecule has 0 spiro atoms. The fraction of sp³-hybridized carbons (Fsp3) is 0.278. The number of rotatable bonds is 5. The van der Waals surface area contributed by atoms with Gasteiger partial charge in [0, 0.05) is 19.0 Å². The van der Waals surface area contributed by atoms with Crippen molar-refractivity contribution in [2.24, 2.45) is 0 Å². The average Bonchev–Trinajstić information content (AvgIpc) is 2.87. The zero-order valence-corrected chi connectivity index (χ0v) is 13.9. The molecule has 5 heteroatoms. The van der Waals surface area contributed by atoms with Crippen molar-refractivity contribution in [2.45, 2.75) is 5.92 Å². The molecule has 0 bridgehead atoms. The predicted octanol–water partition coefficient (Wildman–Crippen LogP) is 3.17. The van der Waals surface area contributed by atoms with E-state index < -0.39 is 0 Å². The van der Waals surface area contributed by atoms with Crippen LogP contribution in [0.15, 0.2) is 48.5 Å². The van der Waals surface area contributed by atoms with E-state index in [4.69, 9.17) is 4.74 Å². The van der Waals surface area contributed by atoms with Crippen molar-refractivity contribution in [1.29, 1.82) is 0 Å². The Morgan fingerprint density at radius 2 is 1.57 bits per heavy atom. The van der Waals surface area contributed by atoms with Gasteiger partial charge in [0.2, 0.25) is 0 Å². The van der Waals surface area contributed by atoms with Gasteiger partial charge in [-0.1, -0.05) is 48.5 Å². The molecule has 0 atom stereocenters. The molecule has 2 aromatic rings. The third-order valence-electron chi connectivity index (χ3n) is 3.99. The summed E-state index contributed by atoms with van der Waals surface area (Å²) in [5, 5.41) is 5.71. The van der Waals surface area contributed by atoms with Crippen molar-refractivity contribution in [3.63, 3.8) is 0 Å². The van der Waals surface area contributed by atoms with E-state index in [0.29, 0.717) is 13.2 Å². The maximum Gasteiger partial charge on any atom is 0.407 e. The van der Waals surface area contributed by atoms with Crippen LogP contribution in [-0.2, 0) is 4.74 Å². The second-order valence-corrected chi connectivity index (χ2v) is 5.36. The minimum Gasteiger partial charge on any atom is -0.449 e. The second-order valence-electron chi connectivity index (χ2n) is 5.36. The van der Waals surface area contributed by atoms with Crippen LogP contribution < -0.4 is 10.6 Å². The number of hydrogen-bond donors (Lipinski definition) is 2. The van der Waals surface area contributed by atoms with Gasteiger partial charge in [-0.05, 0) is 29.3 Å². The molecule has 1 aliphatic rings. The Morgan fingerprint density at radius 3 is 2.13 bits per heavy atom. The Morgan fingerprint density at radius 1 is 1.00 bits per heavy atom. The maximum atomic E-state index is 11.7. The number of fused-ring (bicyclic) bond motifs is 3. The number of carbonyl (C=O) groups excluding carboxylic acids is 1. The molecule has 0 saturated heterocycles. The first-order chi connectivity index (χ1) is 10.8. The molecular weight excluding hydrogens is 312 g/mol. The number of ether oxygens (including phenoxy) is 1. The van der Waals surface area contributed by atoms with Gasteiger partial charge in [0.15, 0.2) is 0 Å².